The van der Waals surface area contributed by atoms with Gasteiger partial charge >= 0.3 is 0 Å². The quantitative estimate of drug-likeness (QED) is 0.710. The molecule has 0 N–H and O–H groups in total. The minimum Gasteiger partial charge on any atom is -0.340 e. The molecule has 0 spiro atoms. The van der Waals surface area contributed by atoms with E-state index in [9.17, 15) is 9.59 Å². The van der Waals surface area contributed by atoms with E-state index in [1.807, 2.05) is 4.90 Å². The fourth-order valence-corrected chi connectivity index (χ4v) is 7.26. The first-order valence-corrected chi connectivity index (χ1v) is 11.0. The van der Waals surface area contributed by atoms with Gasteiger partial charge in [-0.1, -0.05) is 6.08 Å². The lowest BCUT2D eigenvalue weighted by Crippen LogP contribution is -2.61. The molecule has 1 atom stereocenters. The van der Waals surface area contributed by atoms with E-state index in [2.05, 4.69) is 11.5 Å². The summed E-state index contributed by atoms with van der Waals surface area (Å²) in [7, 11) is 0. The Morgan fingerprint density at radius 2 is 1.63 bits per heavy atom. The van der Waals surface area contributed by atoms with E-state index < -0.39 is 0 Å². The summed E-state index contributed by atoms with van der Waals surface area (Å²) in [6.07, 6.45) is 9.46. The number of carbonyl (C=O) groups excluding carboxylic acids is 2. The summed E-state index contributed by atoms with van der Waals surface area (Å²) in [5.74, 6) is 4.02. The van der Waals surface area contributed by atoms with Crippen LogP contribution in [-0.4, -0.2) is 71.8 Å². The maximum absolute atomic E-state index is 12.9. The van der Waals surface area contributed by atoms with Gasteiger partial charge in [0.15, 0.2) is 0 Å². The number of hydrogen-bond acceptors (Lipinski definition) is 3. The highest BCUT2D eigenvalue weighted by Crippen LogP contribution is 2.55. The molecule has 27 heavy (non-hydrogen) atoms. The standard InChI is InChI=1S/C22H33N3O2/c1-2-3-25-14-19(13-20(25)26)22(27)24-6-4-23(5-7-24)21-17-9-15-8-16(11-17)12-18(21)10-15/h2,15-19,21H,1,3-14H2. The van der Waals surface area contributed by atoms with Gasteiger partial charge in [0.2, 0.25) is 11.8 Å². The van der Waals surface area contributed by atoms with Crippen molar-refractivity contribution in [2.45, 2.75) is 44.6 Å². The number of rotatable bonds is 4. The van der Waals surface area contributed by atoms with Crippen molar-refractivity contribution in [2.24, 2.45) is 29.6 Å². The van der Waals surface area contributed by atoms with E-state index in [0.29, 0.717) is 19.5 Å². The molecule has 0 aromatic rings. The van der Waals surface area contributed by atoms with Crippen LogP contribution in [0.15, 0.2) is 12.7 Å². The van der Waals surface area contributed by atoms with E-state index in [4.69, 9.17) is 0 Å². The Balaban J connectivity index is 1.17. The van der Waals surface area contributed by atoms with E-state index in [0.717, 1.165) is 55.9 Å². The largest absolute Gasteiger partial charge is 0.340 e. The Morgan fingerprint density at radius 3 is 2.22 bits per heavy atom. The summed E-state index contributed by atoms with van der Waals surface area (Å²) in [4.78, 5) is 31.5. The molecule has 4 aliphatic carbocycles. The molecule has 4 bridgehead atoms. The SMILES string of the molecule is C=CCN1CC(C(=O)N2CCN(C3C4CC5CC(C4)CC3C5)CC2)CC1=O. The fourth-order valence-electron chi connectivity index (χ4n) is 7.26. The Labute approximate surface area is 162 Å². The Hall–Kier alpha value is -1.36. The van der Waals surface area contributed by atoms with Gasteiger partial charge in [0.25, 0.3) is 0 Å². The third-order valence-electron chi connectivity index (χ3n) is 8.14. The highest BCUT2D eigenvalue weighted by molar-refractivity contribution is 5.89. The van der Waals surface area contributed by atoms with Crippen molar-refractivity contribution in [2.75, 3.05) is 39.3 Å². The highest BCUT2D eigenvalue weighted by atomic mass is 16.2. The lowest BCUT2D eigenvalue weighted by molar-refractivity contribution is -0.139. The molecule has 148 valence electrons. The zero-order valence-corrected chi connectivity index (χ0v) is 16.4. The van der Waals surface area contributed by atoms with Gasteiger partial charge in [0.1, 0.15) is 0 Å². The number of piperazine rings is 1. The summed E-state index contributed by atoms with van der Waals surface area (Å²) in [5, 5.41) is 0. The van der Waals surface area contributed by atoms with Gasteiger partial charge in [-0.25, -0.2) is 0 Å². The van der Waals surface area contributed by atoms with Crippen molar-refractivity contribution in [3.63, 3.8) is 0 Å². The van der Waals surface area contributed by atoms with Crippen LogP contribution < -0.4 is 0 Å². The number of likely N-dealkylation sites (tertiary alicyclic amines) is 1. The van der Waals surface area contributed by atoms with E-state index in [-0.39, 0.29) is 17.7 Å². The lowest BCUT2D eigenvalue weighted by Gasteiger charge is -2.58. The molecule has 0 aromatic heterocycles. The van der Waals surface area contributed by atoms with Crippen LogP contribution in [0.2, 0.25) is 0 Å². The molecule has 2 saturated heterocycles. The van der Waals surface area contributed by atoms with E-state index in [1.165, 1.54) is 32.1 Å². The number of hydrogen-bond donors (Lipinski definition) is 0. The van der Waals surface area contributed by atoms with Crippen molar-refractivity contribution in [3.05, 3.63) is 12.7 Å². The molecule has 5 heteroatoms. The molecule has 2 heterocycles. The van der Waals surface area contributed by atoms with Crippen LogP contribution in [0.4, 0.5) is 0 Å². The van der Waals surface area contributed by atoms with Crippen molar-refractivity contribution in [3.8, 4) is 0 Å². The number of nitrogens with zero attached hydrogens (tertiary/aromatic N) is 3. The molecular weight excluding hydrogens is 338 g/mol. The normalized spacial score (nSPS) is 41.4. The van der Waals surface area contributed by atoms with Gasteiger partial charge in [-0.3, -0.25) is 14.5 Å². The monoisotopic (exact) mass is 371 g/mol. The molecule has 1 unspecified atom stereocenters. The van der Waals surface area contributed by atoms with Crippen molar-refractivity contribution in [1.82, 2.24) is 14.7 Å². The van der Waals surface area contributed by atoms with Crippen LogP contribution in [-0.2, 0) is 9.59 Å². The van der Waals surface area contributed by atoms with Gasteiger partial charge in [-0.05, 0) is 55.8 Å². The highest BCUT2D eigenvalue weighted by Gasteiger charge is 2.50. The smallest absolute Gasteiger partial charge is 0.228 e. The molecule has 5 nitrogen and oxygen atoms in total. The molecule has 2 aliphatic heterocycles. The van der Waals surface area contributed by atoms with E-state index >= 15 is 0 Å². The molecule has 0 radical (unpaired) electrons. The molecule has 6 fully saturated rings. The first kappa shape index (κ1) is 17.7. The van der Waals surface area contributed by atoms with Crippen LogP contribution in [0.3, 0.4) is 0 Å². The topological polar surface area (TPSA) is 43.9 Å². The van der Waals surface area contributed by atoms with Crippen LogP contribution in [0, 0.1) is 29.6 Å². The van der Waals surface area contributed by atoms with Crippen molar-refractivity contribution >= 4 is 11.8 Å². The summed E-state index contributed by atoms with van der Waals surface area (Å²) in [6, 6.07) is 0.784. The van der Waals surface area contributed by atoms with Crippen LogP contribution in [0.1, 0.15) is 38.5 Å². The van der Waals surface area contributed by atoms with Gasteiger partial charge < -0.3 is 9.80 Å². The van der Waals surface area contributed by atoms with Crippen molar-refractivity contribution < 1.29 is 9.59 Å². The maximum atomic E-state index is 12.9. The number of carbonyl (C=O) groups is 2. The minimum absolute atomic E-state index is 0.0977. The van der Waals surface area contributed by atoms with Gasteiger partial charge in [-0.2, -0.15) is 0 Å². The number of amides is 2. The Kier molecular flexibility index (Phi) is 4.53. The average molecular weight is 372 g/mol. The van der Waals surface area contributed by atoms with Crippen LogP contribution in [0.25, 0.3) is 0 Å². The minimum atomic E-state index is -0.148. The molecule has 0 aromatic carbocycles. The first-order chi connectivity index (χ1) is 13.1. The predicted octanol–water partition coefficient (Wildman–Crippen LogP) is 1.99. The van der Waals surface area contributed by atoms with Crippen LogP contribution >= 0.6 is 0 Å². The fraction of sp³-hybridized carbons (Fsp3) is 0.818. The second-order valence-corrected chi connectivity index (χ2v) is 9.77. The molecule has 6 aliphatic rings. The summed E-state index contributed by atoms with van der Waals surface area (Å²) < 4.78 is 0. The lowest BCUT2D eigenvalue weighted by atomic mass is 9.54. The second-order valence-electron chi connectivity index (χ2n) is 9.77. The zero-order valence-electron chi connectivity index (χ0n) is 16.4. The Morgan fingerprint density at radius 1 is 1.00 bits per heavy atom. The Bertz CT molecular complexity index is 597. The van der Waals surface area contributed by atoms with Gasteiger partial charge in [0.05, 0.1) is 5.92 Å². The molecule has 6 rings (SSSR count). The molecule has 4 saturated carbocycles. The second kappa shape index (κ2) is 6.91. The van der Waals surface area contributed by atoms with Gasteiger partial charge in [0, 0.05) is 51.7 Å². The average Bonchev–Trinajstić information content (AvgIpc) is 3.02. The maximum Gasteiger partial charge on any atom is 0.228 e. The molecule has 2 amide bonds. The summed E-state index contributed by atoms with van der Waals surface area (Å²) >= 11 is 0. The van der Waals surface area contributed by atoms with Gasteiger partial charge in [-0.15, -0.1) is 6.58 Å². The van der Waals surface area contributed by atoms with Crippen molar-refractivity contribution in [1.29, 1.82) is 0 Å². The van der Waals surface area contributed by atoms with Crippen LogP contribution in [0.5, 0.6) is 0 Å². The first-order valence-electron chi connectivity index (χ1n) is 11.0. The molecular formula is C22H33N3O2. The third-order valence-corrected chi connectivity index (χ3v) is 8.14. The summed E-state index contributed by atoms with van der Waals surface area (Å²) in [5.41, 5.74) is 0. The van der Waals surface area contributed by atoms with E-state index in [1.54, 1.807) is 11.0 Å². The third kappa shape index (κ3) is 3.12. The zero-order chi connectivity index (χ0) is 18.5. The predicted molar refractivity (Wildman–Crippen MR) is 104 cm³/mol. The summed E-state index contributed by atoms with van der Waals surface area (Å²) in [6.45, 7) is 8.56.